The van der Waals surface area contributed by atoms with Gasteiger partial charge in [0, 0.05) is 26.3 Å². The molecule has 4 heteroatoms. The van der Waals surface area contributed by atoms with Gasteiger partial charge in [-0.25, -0.2) is 4.39 Å². The maximum atomic E-state index is 13.3. The second kappa shape index (κ2) is 4.49. The minimum Gasteiger partial charge on any atom is -0.385 e. The van der Waals surface area contributed by atoms with Crippen molar-refractivity contribution in [2.75, 3.05) is 30.9 Å². The van der Waals surface area contributed by atoms with Crippen molar-refractivity contribution in [2.45, 2.75) is 12.5 Å². The van der Waals surface area contributed by atoms with Crippen LogP contribution in [-0.2, 0) is 4.74 Å². The summed E-state index contributed by atoms with van der Waals surface area (Å²) in [5.74, 6) is -0.204. The van der Waals surface area contributed by atoms with Crippen molar-refractivity contribution in [3.8, 4) is 0 Å². The number of methoxy groups -OCH3 is 1. The summed E-state index contributed by atoms with van der Waals surface area (Å²) in [6, 6.07) is 5.36. The van der Waals surface area contributed by atoms with Gasteiger partial charge in [0.1, 0.15) is 5.82 Å². The third kappa shape index (κ3) is 2.21. The molecule has 1 aliphatic heterocycles. The van der Waals surface area contributed by atoms with Crippen molar-refractivity contribution in [1.82, 2.24) is 0 Å². The molecule has 0 fully saturated rings. The van der Waals surface area contributed by atoms with Crippen molar-refractivity contribution < 1.29 is 9.13 Å². The summed E-state index contributed by atoms with van der Waals surface area (Å²) in [6.45, 7) is 1.45. The second-order valence-corrected chi connectivity index (χ2v) is 3.67. The van der Waals surface area contributed by atoms with Gasteiger partial charge in [-0.3, -0.25) is 0 Å². The van der Waals surface area contributed by atoms with Gasteiger partial charge in [-0.15, -0.1) is 0 Å². The Morgan fingerprint density at radius 3 is 3.20 bits per heavy atom. The first-order chi connectivity index (χ1) is 7.31. The van der Waals surface area contributed by atoms with Crippen LogP contribution in [0, 0.1) is 5.82 Å². The molecule has 0 saturated heterocycles. The van der Waals surface area contributed by atoms with Gasteiger partial charge in [0.05, 0.1) is 11.4 Å². The lowest BCUT2D eigenvalue weighted by Gasteiger charge is -2.28. The van der Waals surface area contributed by atoms with E-state index in [1.165, 1.54) is 6.07 Å². The molecule has 1 aromatic carbocycles. The maximum Gasteiger partial charge on any atom is 0.148 e. The lowest BCUT2D eigenvalue weighted by Crippen LogP contribution is -2.34. The Morgan fingerprint density at radius 2 is 2.40 bits per heavy atom. The van der Waals surface area contributed by atoms with Gasteiger partial charge in [0.15, 0.2) is 0 Å². The first-order valence-corrected chi connectivity index (χ1v) is 5.09. The molecule has 0 aliphatic carbocycles. The Morgan fingerprint density at radius 1 is 1.53 bits per heavy atom. The minimum absolute atomic E-state index is 0.204. The Hall–Kier alpha value is -1.29. The SMILES string of the molecule is COCCC1CNc2c(F)cccc2N1. The zero-order valence-corrected chi connectivity index (χ0v) is 8.72. The van der Waals surface area contributed by atoms with Gasteiger partial charge in [-0.05, 0) is 18.6 Å². The highest BCUT2D eigenvalue weighted by atomic mass is 19.1. The monoisotopic (exact) mass is 210 g/mol. The third-order valence-corrected chi connectivity index (χ3v) is 2.57. The van der Waals surface area contributed by atoms with Crippen molar-refractivity contribution in [1.29, 1.82) is 0 Å². The number of rotatable bonds is 3. The minimum atomic E-state index is -0.204. The van der Waals surface area contributed by atoms with E-state index in [1.54, 1.807) is 13.2 Å². The number of anilines is 2. The fraction of sp³-hybridized carbons (Fsp3) is 0.455. The first-order valence-electron chi connectivity index (χ1n) is 5.09. The number of halogens is 1. The summed E-state index contributed by atoms with van der Waals surface area (Å²) in [5.41, 5.74) is 1.41. The highest BCUT2D eigenvalue weighted by Gasteiger charge is 2.18. The maximum absolute atomic E-state index is 13.3. The van der Waals surface area contributed by atoms with E-state index < -0.39 is 0 Å². The van der Waals surface area contributed by atoms with Crippen LogP contribution in [0.15, 0.2) is 18.2 Å². The smallest absolute Gasteiger partial charge is 0.148 e. The summed E-state index contributed by atoms with van der Waals surface area (Å²) in [6.07, 6.45) is 0.916. The molecule has 3 nitrogen and oxygen atoms in total. The molecule has 15 heavy (non-hydrogen) atoms. The molecule has 1 aromatic rings. The average Bonchev–Trinajstić information content (AvgIpc) is 2.26. The highest BCUT2D eigenvalue weighted by Crippen LogP contribution is 2.29. The van der Waals surface area contributed by atoms with Crippen LogP contribution in [-0.4, -0.2) is 26.3 Å². The third-order valence-electron chi connectivity index (χ3n) is 2.57. The molecule has 0 saturated carbocycles. The number of fused-ring (bicyclic) bond motifs is 1. The van der Waals surface area contributed by atoms with Gasteiger partial charge >= 0.3 is 0 Å². The van der Waals surface area contributed by atoms with Crippen LogP contribution in [0.5, 0.6) is 0 Å². The van der Waals surface area contributed by atoms with Crippen molar-refractivity contribution in [3.05, 3.63) is 24.0 Å². The van der Waals surface area contributed by atoms with E-state index in [1.807, 2.05) is 6.07 Å². The molecule has 0 bridgehead atoms. The van der Waals surface area contributed by atoms with E-state index in [0.717, 1.165) is 18.7 Å². The van der Waals surface area contributed by atoms with Gasteiger partial charge in [0.2, 0.25) is 0 Å². The molecule has 2 rings (SSSR count). The molecule has 0 amide bonds. The summed E-state index contributed by atoms with van der Waals surface area (Å²) in [5, 5.41) is 6.39. The van der Waals surface area contributed by atoms with E-state index in [2.05, 4.69) is 10.6 Å². The van der Waals surface area contributed by atoms with Crippen LogP contribution in [0.1, 0.15) is 6.42 Å². The Labute approximate surface area is 88.6 Å². The average molecular weight is 210 g/mol. The van der Waals surface area contributed by atoms with Crippen molar-refractivity contribution in [2.24, 2.45) is 0 Å². The zero-order valence-electron chi connectivity index (χ0n) is 8.72. The predicted octanol–water partition coefficient (Wildman–Crippen LogP) is 2.07. The normalized spacial score (nSPS) is 18.9. The fourth-order valence-corrected chi connectivity index (χ4v) is 1.75. The Kier molecular flexibility index (Phi) is 3.06. The van der Waals surface area contributed by atoms with E-state index in [-0.39, 0.29) is 5.82 Å². The number of hydrogen-bond donors (Lipinski definition) is 2. The van der Waals surface area contributed by atoms with Gasteiger partial charge in [-0.1, -0.05) is 6.07 Å². The number of para-hydroxylation sites is 1. The second-order valence-electron chi connectivity index (χ2n) is 3.67. The van der Waals surface area contributed by atoms with Crippen molar-refractivity contribution >= 4 is 11.4 Å². The van der Waals surface area contributed by atoms with E-state index in [0.29, 0.717) is 18.3 Å². The predicted molar refractivity (Wildman–Crippen MR) is 58.8 cm³/mol. The molecule has 2 N–H and O–H groups in total. The van der Waals surface area contributed by atoms with Crippen LogP contribution in [0.25, 0.3) is 0 Å². The molecule has 0 aromatic heterocycles. The zero-order chi connectivity index (χ0) is 10.7. The van der Waals surface area contributed by atoms with Crippen LogP contribution < -0.4 is 10.6 Å². The van der Waals surface area contributed by atoms with Crippen LogP contribution in [0.3, 0.4) is 0 Å². The Balaban J connectivity index is 2.07. The lowest BCUT2D eigenvalue weighted by molar-refractivity contribution is 0.190. The van der Waals surface area contributed by atoms with Gasteiger partial charge < -0.3 is 15.4 Å². The molecular formula is C11H15FN2O. The molecule has 0 radical (unpaired) electrons. The summed E-state index contributed by atoms with van der Waals surface area (Å²) in [4.78, 5) is 0. The largest absolute Gasteiger partial charge is 0.385 e. The number of hydrogen-bond acceptors (Lipinski definition) is 3. The lowest BCUT2D eigenvalue weighted by atomic mass is 10.1. The van der Waals surface area contributed by atoms with E-state index >= 15 is 0 Å². The molecular weight excluding hydrogens is 195 g/mol. The van der Waals surface area contributed by atoms with E-state index in [9.17, 15) is 4.39 Å². The van der Waals surface area contributed by atoms with Gasteiger partial charge in [0.25, 0.3) is 0 Å². The molecule has 82 valence electrons. The quantitative estimate of drug-likeness (QED) is 0.801. The highest BCUT2D eigenvalue weighted by molar-refractivity contribution is 5.71. The summed E-state index contributed by atoms with van der Waals surface area (Å²) in [7, 11) is 1.68. The number of nitrogens with one attached hydrogen (secondary N) is 2. The molecule has 1 atom stereocenters. The first kappa shape index (κ1) is 10.2. The summed E-state index contributed by atoms with van der Waals surface area (Å²) >= 11 is 0. The Bertz CT molecular complexity index is 343. The van der Waals surface area contributed by atoms with Gasteiger partial charge in [-0.2, -0.15) is 0 Å². The number of ether oxygens (including phenoxy) is 1. The molecule has 1 unspecified atom stereocenters. The topological polar surface area (TPSA) is 33.3 Å². The standard InChI is InChI=1S/C11H15FN2O/c1-15-6-5-8-7-13-11-9(12)3-2-4-10(11)14-8/h2-4,8,13-14H,5-7H2,1H3. The van der Waals surface area contributed by atoms with Crippen molar-refractivity contribution in [3.63, 3.8) is 0 Å². The van der Waals surface area contributed by atoms with Crippen LogP contribution >= 0.6 is 0 Å². The molecule has 0 spiro atoms. The molecule has 1 aliphatic rings. The fourth-order valence-electron chi connectivity index (χ4n) is 1.75. The van der Waals surface area contributed by atoms with E-state index in [4.69, 9.17) is 4.74 Å². The van der Waals surface area contributed by atoms with Crippen LogP contribution in [0.2, 0.25) is 0 Å². The van der Waals surface area contributed by atoms with Crippen LogP contribution in [0.4, 0.5) is 15.8 Å². The molecule has 1 heterocycles. The number of benzene rings is 1. The summed E-state index contributed by atoms with van der Waals surface area (Å²) < 4.78 is 18.3.